The van der Waals surface area contributed by atoms with Crippen molar-refractivity contribution in [1.29, 1.82) is 0 Å². The van der Waals surface area contributed by atoms with Crippen LogP contribution in [0.2, 0.25) is 0 Å². The van der Waals surface area contributed by atoms with Crippen molar-refractivity contribution in [1.82, 2.24) is 5.32 Å². The number of benzene rings is 2. The Morgan fingerprint density at radius 2 is 1.39 bits per heavy atom. The molecule has 1 saturated carbocycles. The van der Waals surface area contributed by atoms with Crippen LogP contribution in [0.3, 0.4) is 0 Å². The first-order chi connectivity index (χ1) is 8.90. The zero-order valence-corrected chi connectivity index (χ0v) is 10.7. The predicted octanol–water partition coefficient (Wildman–Crippen LogP) is 3.55. The maximum atomic E-state index is 3.45. The van der Waals surface area contributed by atoms with Crippen molar-refractivity contribution in [2.24, 2.45) is 0 Å². The van der Waals surface area contributed by atoms with Gasteiger partial charge in [0.15, 0.2) is 0 Å². The molecule has 0 bridgehead atoms. The fourth-order valence-electron chi connectivity index (χ4n) is 3.13. The van der Waals surface area contributed by atoms with E-state index < -0.39 is 0 Å². The Kier molecular flexibility index (Phi) is 3.16. The quantitative estimate of drug-likeness (QED) is 0.861. The second-order valence-corrected chi connectivity index (χ2v) is 5.08. The average molecular weight is 237 g/mol. The van der Waals surface area contributed by atoms with E-state index in [-0.39, 0.29) is 0 Å². The van der Waals surface area contributed by atoms with Crippen molar-refractivity contribution in [3.63, 3.8) is 0 Å². The fourth-order valence-corrected chi connectivity index (χ4v) is 3.13. The van der Waals surface area contributed by atoms with Gasteiger partial charge in [0.05, 0.1) is 0 Å². The minimum absolute atomic E-state index is 0.609. The zero-order chi connectivity index (χ0) is 12.4. The molecule has 1 nitrogen and oxygen atoms in total. The lowest BCUT2D eigenvalue weighted by atomic mass is 9.63. The molecule has 1 aliphatic carbocycles. The summed E-state index contributed by atoms with van der Waals surface area (Å²) in [7, 11) is 2.07. The van der Waals surface area contributed by atoms with E-state index in [9.17, 15) is 0 Å². The van der Waals surface area contributed by atoms with Gasteiger partial charge in [-0.15, -0.1) is 0 Å². The van der Waals surface area contributed by atoms with Gasteiger partial charge in [0, 0.05) is 12.0 Å². The molecule has 1 heteroatoms. The van der Waals surface area contributed by atoms with Crippen LogP contribution in [0.1, 0.15) is 29.4 Å². The summed E-state index contributed by atoms with van der Waals surface area (Å²) in [4.78, 5) is 0. The molecule has 0 saturated heterocycles. The summed E-state index contributed by atoms with van der Waals surface area (Å²) in [6.07, 6.45) is 1.24. The van der Waals surface area contributed by atoms with E-state index in [1.807, 2.05) is 0 Å². The molecule has 2 aromatic carbocycles. The van der Waals surface area contributed by atoms with Crippen molar-refractivity contribution >= 4 is 0 Å². The van der Waals surface area contributed by atoms with Crippen LogP contribution in [-0.4, -0.2) is 13.1 Å². The van der Waals surface area contributed by atoms with Crippen molar-refractivity contribution < 1.29 is 0 Å². The molecular formula is C17H19N. The lowest BCUT2D eigenvalue weighted by Gasteiger charge is -2.45. The number of hydrogen-bond acceptors (Lipinski definition) is 1. The molecule has 0 aromatic heterocycles. The molecule has 0 aliphatic heterocycles. The second kappa shape index (κ2) is 4.95. The average Bonchev–Trinajstić information content (AvgIpc) is 2.41. The van der Waals surface area contributed by atoms with Gasteiger partial charge in [-0.25, -0.2) is 0 Å². The first-order valence-electron chi connectivity index (χ1n) is 6.67. The molecule has 1 aliphatic rings. The van der Waals surface area contributed by atoms with Crippen LogP contribution in [0.25, 0.3) is 0 Å². The van der Waals surface area contributed by atoms with E-state index in [1.165, 1.54) is 17.5 Å². The van der Waals surface area contributed by atoms with Gasteiger partial charge in [0.25, 0.3) is 0 Å². The Balaban J connectivity index is 1.89. The third kappa shape index (κ3) is 1.95. The van der Waals surface area contributed by atoms with Crippen LogP contribution in [0.4, 0.5) is 0 Å². The van der Waals surface area contributed by atoms with Gasteiger partial charge in [0.1, 0.15) is 0 Å². The SMILES string of the molecule is CNC1CC(c2ccccc2)C1c1ccccc1. The maximum Gasteiger partial charge on any atom is 0.0145 e. The highest BCUT2D eigenvalue weighted by atomic mass is 14.9. The fraction of sp³-hybridized carbons (Fsp3) is 0.294. The van der Waals surface area contributed by atoms with Crippen LogP contribution in [0.5, 0.6) is 0 Å². The number of likely N-dealkylation sites (N-methyl/N-ethyl adjacent to an activating group) is 1. The van der Waals surface area contributed by atoms with Crippen LogP contribution in [-0.2, 0) is 0 Å². The Bertz CT molecular complexity index is 492. The van der Waals surface area contributed by atoms with E-state index >= 15 is 0 Å². The Labute approximate surface area is 109 Å². The number of rotatable bonds is 3. The van der Waals surface area contributed by atoms with Crippen LogP contribution < -0.4 is 5.32 Å². The molecule has 1 fully saturated rings. The molecule has 0 amide bonds. The van der Waals surface area contributed by atoms with Gasteiger partial charge in [0.2, 0.25) is 0 Å². The summed E-state index contributed by atoms with van der Waals surface area (Å²) in [6, 6.07) is 22.4. The molecule has 3 rings (SSSR count). The third-order valence-electron chi connectivity index (χ3n) is 4.16. The monoisotopic (exact) mass is 237 g/mol. The van der Waals surface area contributed by atoms with E-state index in [0.717, 1.165) is 0 Å². The summed E-state index contributed by atoms with van der Waals surface area (Å²) in [5.74, 6) is 1.27. The third-order valence-corrected chi connectivity index (χ3v) is 4.16. The lowest BCUT2D eigenvalue weighted by molar-refractivity contribution is 0.249. The molecule has 2 aromatic rings. The molecule has 18 heavy (non-hydrogen) atoms. The van der Waals surface area contributed by atoms with Gasteiger partial charge < -0.3 is 5.32 Å². The molecule has 0 heterocycles. The van der Waals surface area contributed by atoms with E-state index in [2.05, 4.69) is 73.0 Å². The molecule has 3 unspecified atom stereocenters. The van der Waals surface area contributed by atoms with Gasteiger partial charge in [-0.05, 0) is 30.5 Å². The Hall–Kier alpha value is -1.60. The topological polar surface area (TPSA) is 12.0 Å². The molecule has 92 valence electrons. The predicted molar refractivity (Wildman–Crippen MR) is 75.8 cm³/mol. The highest BCUT2D eigenvalue weighted by molar-refractivity contribution is 5.34. The summed E-state index contributed by atoms with van der Waals surface area (Å²) in [5.41, 5.74) is 2.93. The standard InChI is InChI=1S/C17H19N/c1-18-16-12-15(13-8-4-2-5-9-13)17(16)14-10-6-3-7-11-14/h2-11,15-18H,12H2,1H3. The largest absolute Gasteiger partial charge is 0.316 e. The molecular weight excluding hydrogens is 218 g/mol. The van der Waals surface area contributed by atoms with Gasteiger partial charge in [-0.2, -0.15) is 0 Å². The van der Waals surface area contributed by atoms with E-state index in [4.69, 9.17) is 0 Å². The normalized spacial score (nSPS) is 26.6. The van der Waals surface area contributed by atoms with Crippen LogP contribution >= 0.6 is 0 Å². The smallest absolute Gasteiger partial charge is 0.0145 e. The summed E-state index contributed by atoms with van der Waals surface area (Å²) >= 11 is 0. The van der Waals surface area contributed by atoms with Crippen LogP contribution in [0.15, 0.2) is 60.7 Å². The van der Waals surface area contributed by atoms with E-state index in [0.29, 0.717) is 17.9 Å². The molecule has 0 radical (unpaired) electrons. The van der Waals surface area contributed by atoms with Crippen LogP contribution in [0, 0.1) is 0 Å². The van der Waals surface area contributed by atoms with E-state index in [1.54, 1.807) is 0 Å². The lowest BCUT2D eigenvalue weighted by Crippen LogP contribution is -2.45. The zero-order valence-electron chi connectivity index (χ0n) is 10.7. The summed E-state index contributed by atoms with van der Waals surface area (Å²) in [6.45, 7) is 0. The van der Waals surface area contributed by atoms with Crippen molar-refractivity contribution in [3.8, 4) is 0 Å². The highest BCUT2D eigenvalue weighted by Crippen LogP contribution is 2.48. The maximum absolute atomic E-state index is 3.45. The molecule has 1 N–H and O–H groups in total. The first-order valence-corrected chi connectivity index (χ1v) is 6.67. The van der Waals surface area contributed by atoms with Gasteiger partial charge in [-0.3, -0.25) is 0 Å². The van der Waals surface area contributed by atoms with Gasteiger partial charge in [-0.1, -0.05) is 60.7 Å². The highest BCUT2D eigenvalue weighted by Gasteiger charge is 2.41. The molecule has 0 spiro atoms. The number of nitrogens with one attached hydrogen (secondary N) is 1. The summed E-state index contributed by atoms with van der Waals surface area (Å²) < 4.78 is 0. The van der Waals surface area contributed by atoms with Crippen molar-refractivity contribution in [2.75, 3.05) is 7.05 Å². The summed E-state index contributed by atoms with van der Waals surface area (Å²) in [5, 5.41) is 3.45. The van der Waals surface area contributed by atoms with Crippen molar-refractivity contribution in [2.45, 2.75) is 24.3 Å². The Morgan fingerprint density at radius 1 is 0.833 bits per heavy atom. The van der Waals surface area contributed by atoms with Crippen molar-refractivity contribution in [3.05, 3.63) is 71.8 Å². The Morgan fingerprint density at radius 3 is 1.94 bits per heavy atom. The number of hydrogen-bond donors (Lipinski definition) is 1. The first kappa shape index (κ1) is 11.5. The minimum Gasteiger partial charge on any atom is -0.316 e. The minimum atomic E-state index is 0.609. The molecule has 3 atom stereocenters. The van der Waals surface area contributed by atoms with Gasteiger partial charge >= 0.3 is 0 Å². The second-order valence-electron chi connectivity index (χ2n) is 5.08.